The summed E-state index contributed by atoms with van der Waals surface area (Å²) in [6.07, 6.45) is 5.14. The van der Waals surface area contributed by atoms with Crippen molar-refractivity contribution in [2.75, 3.05) is 5.32 Å². The third-order valence-corrected chi connectivity index (χ3v) is 7.99. The van der Waals surface area contributed by atoms with Gasteiger partial charge in [0.15, 0.2) is 0 Å². The lowest BCUT2D eigenvalue weighted by Gasteiger charge is -2.14. The summed E-state index contributed by atoms with van der Waals surface area (Å²) in [5.74, 6) is 2.24. The summed E-state index contributed by atoms with van der Waals surface area (Å²) in [6.45, 7) is 4.92. The number of benzene rings is 3. The first kappa shape index (κ1) is 26.3. The molecule has 1 aliphatic carbocycles. The molecule has 0 saturated heterocycles. The highest BCUT2D eigenvalue weighted by Crippen LogP contribution is 2.35. The largest absolute Gasteiger partial charge is 0.325 e. The van der Waals surface area contributed by atoms with E-state index in [4.69, 9.17) is 4.98 Å². The highest BCUT2D eigenvalue weighted by atomic mass is 32.1. The molecule has 2 heterocycles. The maximum absolute atomic E-state index is 12.8. The van der Waals surface area contributed by atoms with Gasteiger partial charge in [0.2, 0.25) is 11.7 Å². The lowest BCUT2D eigenvalue weighted by molar-refractivity contribution is -0.115. The van der Waals surface area contributed by atoms with E-state index in [1.165, 1.54) is 18.4 Å². The summed E-state index contributed by atoms with van der Waals surface area (Å²) in [5, 5.41) is 17.4. The number of carbonyl (C=O) groups is 1. The maximum Gasteiger partial charge on any atom is 0.237 e. The summed E-state index contributed by atoms with van der Waals surface area (Å²) in [4.78, 5) is 17.9. The summed E-state index contributed by atoms with van der Waals surface area (Å²) < 4.78 is 2.28. The van der Waals surface area contributed by atoms with Crippen LogP contribution in [0.5, 0.6) is 0 Å². The van der Waals surface area contributed by atoms with Gasteiger partial charge in [0.1, 0.15) is 5.82 Å². The first-order valence-electron chi connectivity index (χ1n) is 13.9. The Bertz CT molecular complexity index is 1640. The van der Waals surface area contributed by atoms with Gasteiger partial charge < -0.3 is 9.88 Å². The lowest BCUT2D eigenvalue weighted by atomic mass is 9.98. The van der Waals surface area contributed by atoms with Crippen LogP contribution in [0.25, 0.3) is 33.5 Å². The molecule has 0 bridgehead atoms. The Hall–Kier alpha value is -3.98. The van der Waals surface area contributed by atoms with Crippen LogP contribution in [0, 0.1) is 12.8 Å². The summed E-state index contributed by atoms with van der Waals surface area (Å²) in [5.41, 5.74) is 8.09. The van der Waals surface area contributed by atoms with Crippen LogP contribution >= 0.6 is 12.6 Å². The van der Waals surface area contributed by atoms with E-state index in [1.54, 1.807) is 0 Å². The number of hydrogen-bond acceptors (Lipinski definition) is 6. The minimum absolute atomic E-state index is 0.0366. The smallest absolute Gasteiger partial charge is 0.237 e. The Morgan fingerprint density at radius 3 is 2.60 bits per heavy atom. The second kappa shape index (κ2) is 11.3. The average molecular weight is 552 g/mol. The molecule has 6 rings (SSSR count). The topological polar surface area (TPSA) is 101 Å². The Morgan fingerprint density at radius 2 is 1.90 bits per heavy atom. The molecule has 5 aromatic rings. The van der Waals surface area contributed by atoms with Gasteiger partial charge in [-0.15, -0.1) is 10.2 Å². The van der Waals surface area contributed by atoms with E-state index in [2.05, 4.69) is 93.4 Å². The molecular weight excluding hydrogens is 518 g/mol. The number of nitrogens with zero attached hydrogens (tertiary/aromatic N) is 5. The molecule has 0 spiro atoms. The molecule has 1 fully saturated rings. The average Bonchev–Trinajstić information content (AvgIpc) is 3.47. The predicted molar refractivity (Wildman–Crippen MR) is 161 cm³/mol. The highest BCUT2D eigenvalue weighted by Gasteiger charge is 2.27. The molecule has 2 aromatic heterocycles. The van der Waals surface area contributed by atoms with Crippen molar-refractivity contribution in [3.05, 3.63) is 77.6 Å². The van der Waals surface area contributed by atoms with Crippen LogP contribution in [0.2, 0.25) is 0 Å². The Labute approximate surface area is 239 Å². The number of imidazole rings is 1. The van der Waals surface area contributed by atoms with Gasteiger partial charge in [-0.1, -0.05) is 68.3 Å². The molecular formula is C31H33N7OS. The van der Waals surface area contributed by atoms with Crippen molar-refractivity contribution >= 4 is 35.3 Å². The fourth-order valence-electron chi connectivity index (χ4n) is 5.28. The number of aryl methyl sites for hydroxylation is 2. The van der Waals surface area contributed by atoms with Gasteiger partial charge in [0.25, 0.3) is 0 Å². The van der Waals surface area contributed by atoms with Crippen LogP contribution in [0.15, 0.2) is 60.7 Å². The van der Waals surface area contributed by atoms with E-state index in [0.29, 0.717) is 18.3 Å². The highest BCUT2D eigenvalue weighted by molar-refractivity contribution is 7.81. The van der Waals surface area contributed by atoms with E-state index in [-0.39, 0.29) is 11.2 Å². The van der Waals surface area contributed by atoms with Crippen molar-refractivity contribution < 1.29 is 4.79 Å². The minimum atomic E-state index is -0.284. The number of aromatic nitrogens is 6. The molecule has 8 nitrogen and oxygen atoms in total. The fraction of sp³-hybridized carbons (Fsp3) is 0.323. The number of anilines is 1. The second-order valence-corrected chi connectivity index (χ2v) is 11.3. The van der Waals surface area contributed by atoms with Gasteiger partial charge in [-0.25, -0.2) is 4.98 Å². The Kier molecular flexibility index (Phi) is 7.38. The molecule has 1 aliphatic rings. The molecule has 1 unspecified atom stereocenters. The van der Waals surface area contributed by atoms with Gasteiger partial charge in [0.05, 0.1) is 16.3 Å². The molecule has 40 heavy (non-hydrogen) atoms. The summed E-state index contributed by atoms with van der Waals surface area (Å²) in [6, 6.07) is 20.7. The van der Waals surface area contributed by atoms with Crippen LogP contribution < -0.4 is 5.32 Å². The first-order chi connectivity index (χ1) is 19.5. The van der Waals surface area contributed by atoms with Crippen molar-refractivity contribution in [2.24, 2.45) is 5.92 Å². The van der Waals surface area contributed by atoms with Gasteiger partial charge >= 0.3 is 0 Å². The molecule has 0 radical (unpaired) electrons. The number of H-pyrrole nitrogens is 1. The minimum Gasteiger partial charge on any atom is -0.325 e. The maximum atomic E-state index is 12.8. The monoisotopic (exact) mass is 551 g/mol. The Morgan fingerprint density at radius 1 is 1.12 bits per heavy atom. The number of fused-ring (bicyclic) bond motifs is 1. The van der Waals surface area contributed by atoms with Crippen LogP contribution in [0.1, 0.15) is 49.6 Å². The van der Waals surface area contributed by atoms with Crippen molar-refractivity contribution in [1.82, 2.24) is 30.2 Å². The SMILES string of the molecule is CCCc1nc2c(C)cc(NC(=O)C(S)CC3CC3)cc2n1Cc1ccc(-c2ccccc2-c2nn[nH]n2)cc1. The standard InChI is InChI=1S/C31H33N7OS/c1-3-6-28-33-29-19(2)15-23(32-31(39)27(40)16-20-9-10-20)17-26(29)38(28)18-21-11-13-22(14-12-21)24-7-4-5-8-25(24)30-34-36-37-35-30/h4-5,7-8,11-15,17,20,27,40H,3,6,9-10,16,18H2,1-2H3,(H,32,39)(H,34,35,36,37). The normalized spacial score (nSPS) is 14.0. The number of tetrazole rings is 1. The van der Waals surface area contributed by atoms with E-state index >= 15 is 0 Å². The van der Waals surface area contributed by atoms with Gasteiger partial charge in [0, 0.05) is 24.2 Å². The van der Waals surface area contributed by atoms with Gasteiger partial charge in [-0.2, -0.15) is 17.8 Å². The summed E-state index contributed by atoms with van der Waals surface area (Å²) in [7, 11) is 0. The van der Waals surface area contributed by atoms with Gasteiger partial charge in [-0.05, 0) is 65.3 Å². The van der Waals surface area contributed by atoms with Crippen molar-refractivity contribution in [1.29, 1.82) is 0 Å². The van der Waals surface area contributed by atoms with Crippen LogP contribution in [-0.2, 0) is 17.8 Å². The second-order valence-electron chi connectivity index (χ2n) is 10.7. The first-order valence-corrected chi connectivity index (χ1v) is 14.4. The molecule has 9 heteroatoms. The van der Waals surface area contributed by atoms with E-state index < -0.39 is 0 Å². The number of amides is 1. The molecule has 1 amide bonds. The molecule has 204 valence electrons. The van der Waals surface area contributed by atoms with Gasteiger partial charge in [-0.3, -0.25) is 4.79 Å². The van der Waals surface area contributed by atoms with Crippen LogP contribution in [0.4, 0.5) is 5.69 Å². The molecule has 0 aliphatic heterocycles. The van der Waals surface area contributed by atoms with E-state index in [0.717, 1.165) is 64.1 Å². The number of thiol groups is 1. The Balaban J connectivity index is 1.29. The summed E-state index contributed by atoms with van der Waals surface area (Å²) >= 11 is 4.57. The van der Waals surface area contributed by atoms with Crippen molar-refractivity contribution in [2.45, 2.75) is 57.7 Å². The number of rotatable bonds is 10. The van der Waals surface area contributed by atoms with E-state index in [1.807, 2.05) is 24.3 Å². The third-order valence-electron chi connectivity index (χ3n) is 7.54. The van der Waals surface area contributed by atoms with Crippen LogP contribution in [0.3, 0.4) is 0 Å². The van der Waals surface area contributed by atoms with E-state index in [9.17, 15) is 4.79 Å². The number of nitrogens with one attached hydrogen (secondary N) is 2. The van der Waals surface area contributed by atoms with Crippen LogP contribution in [-0.4, -0.2) is 41.3 Å². The van der Waals surface area contributed by atoms with Crippen molar-refractivity contribution in [3.63, 3.8) is 0 Å². The number of carbonyl (C=O) groups excluding carboxylic acids is 1. The third kappa shape index (κ3) is 5.51. The van der Waals surface area contributed by atoms with Crippen molar-refractivity contribution in [3.8, 4) is 22.5 Å². The molecule has 1 atom stereocenters. The molecule has 1 saturated carbocycles. The quantitative estimate of drug-likeness (QED) is 0.179. The number of hydrogen-bond donors (Lipinski definition) is 3. The molecule has 2 N–H and O–H groups in total. The zero-order valence-corrected chi connectivity index (χ0v) is 23.7. The molecule has 3 aromatic carbocycles. The zero-order chi connectivity index (χ0) is 27.6. The predicted octanol–water partition coefficient (Wildman–Crippen LogP) is 6.23. The number of aromatic amines is 1. The fourth-order valence-corrected chi connectivity index (χ4v) is 5.65. The lowest BCUT2D eigenvalue weighted by Crippen LogP contribution is -2.23. The zero-order valence-electron chi connectivity index (χ0n) is 22.8.